The second kappa shape index (κ2) is 6.38. The van der Waals surface area contributed by atoms with Crippen LogP contribution in [0.15, 0.2) is 12.1 Å². The highest BCUT2D eigenvalue weighted by molar-refractivity contribution is 5.27. The summed E-state index contributed by atoms with van der Waals surface area (Å²) in [5.41, 5.74) is 1.80. The molecule has 0 aromatic carbocycles. The maximum Gasteiger partial charge on any atom is 0.138 e. The highest BCUT2D eigenvalue weighted by atomic mass is 16.3. The van der Waals surface area contributed by atoms with Gasteiger partial charge in [-0.05, 0) is 45.2 Å². The summed E-state index contributed by atoms with van der Waals surface area (Å²) >= 11 is 0. The molecular formula is C16H26N2O. The minimum absolute atomic E-state index is 0.330. The van der Waals surface area contributed by atoms with Gasteiger partial charge in [-0.2, -0.15) is 0 Å². The Morgan fingerprint density at radius 3 is 2.68 bits per heavy atom. The van der Waals surface area contributed by atoms with Crippen molar-refractivity contribution in [2.75, 3.05) is 0 Å². The maximum atomic E-state index is 9.99. The highest BCUT2D eigenvalue weighted by Crippen LogP contribution is 2.28. The van der Waals surface area contributed by atoms with Gasteiger partial charge in [-0.1, -0.05) is 19.8 Å². The van der Waals surface area contributed by atoms with E-state index in [1.807, 2.05) is 13.0 Å². The molecule has 1 atom stereocenters. The van der Waals surface area contributed by atoms with E-state index < -0.39 is 0 Å². The fourth-order valence-corrected chi connectivity index (χ4v) is 3.01. The van der Waals surface area contributed by atoms with Crippen LogP contribution in [-0.2, 0) is 6.54 Å². The first-order valence-electron chi connectivity index (χ1n) is 7.53. The molecule has 0 spiro atoms. The number of aromatic hydroxyl groups is 1. The number of aryl methyl sites for hydroxylation is 1. The molecule has 1 saturated carbocycles. The van der Waals surface area contributed by atoms with Gasteiger partial charge in [0.2, 0.25) is 0 Å². The zero-order valence-corrected chi connectivity index (χ0v) is 12.4. The largest absolute Gasteiger partial charge is 0.506 e. The summed E-state index contributed by atoms with van der Waals surface area (Å²) in [6.45, 7) is 7.26. The quantitative estimate of drug-likeness (QED) is 0.880. The van der Waals surface area contributed by atoms with E-state index in [9.17, 15) is 5.11 Å². The molecule has 19 heavy (non-hydrogen) atoms. The van der Waals surface area contributed by atoms with Crippen LogP contribution in [0.3, 0.4) is 0 Å². The van der Waals surface area contributed by atoms with Crippen molar-refractivity contribution in [2.45, 2.75) is 71.5 Å². The average molecular weight is 262 g/mol. The number of rotatable bonds is 5. The second-order valence-electron chi connectivity index (χ2n) is 5.79. The molecule has 0 amide bonds. The Labute approximate surface area is 116 Å². The monoisotopic (exact) mass is 262 g/mol. The molecule has 1 heterocycles. The molecule has 3 nitrogen and oxygen atoms in total. The van der Waals surface area contributed by atoms with Crippen molar-refractivity contribution in [1.82, 2.24) is 9.88 Å². The SMILES string of the molecule is CCC(C)N(Cc1nc(C)ccc1O)C1CCCC1. The van der Waals surface area contributed by atoms with Gasteiger partial charge in [0.15, 0.2) is 0 Å². The topological polar surface area (TPSA) is 36.4 Å². The van der Waals surface area contributed by atoms with Crippen molar-refractivity contribution >= 4 is 0 Å². The highest BCUT2D eigenvalue weighted by Gasteiger charge is 2.26. The third-order valence-electron chi connectivity index (χ3n) is 4.37. The van der Waals surface area contributed by atoms with Gasteiger partial charge in [0, 0.05) is 24.3 Å². The fraction of sp³-hybridized carbons (Fsp3) is 0.688. The molecule has 0 saturated heterocycles. The fourth-order valence-electron chi connectivity index (χ4n) is 3.01. The lowest BCUT2D eigenvalue weighted by atomic mass is 10.1. The Morgan fingerprint density at radius 2 is 2.05 bits per heavy atom. The van der Waals surface area contributed by atoms with Gasteiger partial charge in [-0.15, -0.1) is 0 Å². The van der Waals surface area contributed by atoms with E-state index in [4.69, 9.17) is 0 Å². The lowest BCUT2D eigenvalue weighted by molar-refractivity contribution is 0.129. The minimum Gasteiger partial charge on any atom is -0.506 e. The summed E-state index contributed by atoms with van der Waals surface area (Å²) in [5.74, 6) is 0.330. The van der Waals surface area contributed by atoms with Crippen molar-refractivity contribution in [1.29, 1.82) is 0 Å². The van der Waals surface area contributed by atoms with Gasteiger partial charge in [0.05, 0.1) is 5.69 Å². The Bertz CT molecular complexity index is 413. The molecule has 106 valence electrons. The first kappa shape index (κ1) is 14.3. The van der Waals surface area contributed by atoms with Gasteiger partial charge in [-0.25, -0.2) is 0 Å². The van der Waals surface area contributed by atoms with Crippen molar-refractivity contribution in [3.05, 3.63) is 23.5 Å². The van der Waals surface area contributed by atoms with Gasteiger partial charge >= 0.3 is 0 Å². The van der Waals surface area contributed by atoms with Crippen LogP contribution in [0.2, 0.25) is 0 Å². The molecule has 3 heteroatoms. The average Bonchev–Trinajstić information content (AvgIpc) is 2.92. The standard InChI is InChI=1S/C16H26N2O/c1-4-13(3)18(14-7-5-6-8-14)11-15-16(19)10-9-12(2)17-15/h9-10,13-14,19H,4-8,11H2,1-3H3. The van der Waals surface area contributed by atoms with Crippen LogP contribution in [0.25, 0.3) is 0 Å². The van der Waals surface area contributed by atoms with Gasteiger partial charge < -0.3 is 5.11 Å². The number of aromatic nitrogens is 1. The number of hydrogen-bond donors (Lipinski definition) is 1. The zero-order chi connectivity index (χ0) is 13.8. The number of hydrogen-bond acceptors (Lipinski definition) is 3. The molecule has 0 radical (unpaired) electrons. The summed E-state index contributed by atoms with van der Waals surface area (Å²) in [6.07, 6.45) is 6.40. The molecule has 1 aliphatic rings. The molecule has 0 bridgehead atoms. The Morgan fingerprint density at radius 1 is 1.37 bits per heavy atom. The van der Waals surface area contributed by atoms with Gasteiger partial charge in [0.25, 0.3) is 0 Å². The molecule has 2 rings (SSSR count). The molecule has 1 aromatic heterocycles. The van der Waals surface area contributed by atoms with Crippen LogP contribution in [0.1, 0.15) is 57.3 Å². The lowest BCUT2D eigenvalue weighted by Crippen LogP contribution is -2.39. The molecule has 1 aliphatic carbocycles. The molecular weight excluding hydrogens is 236 g/mol. The van der Waals surface area contributed by atoms with Crippen molar-refractivity contribution in [3.63, 3.8) is 0 Å². The summed E-state index contributed by atoms with van der Waals surface area (Å²) < 4.78 is 0. The summed E-state index contributed by atoms with van der Waals surface area (Å²) in [6, 6.07) is 4.84. The second-order valence-corrected chi connectivity index (χ2v) is 5.79. The van der Waals surface area contributed by atoms with E-state index in [0.717, 1.165) is 24.4 Å². The third kappa shape index (κ3) is 3.47. The summed E-state index contributed by atoms with van der Waals surface area (Å²) in [7, 11) is 0. The normalized spacial score (nSPS) is 18.1. The first-order chi connectivity index (χ1) is 9.11. The molecule has 1 aromatic rings. The number of nitrogens with zero attached hydrogens (tertiary/aromatic N) is 2. The van der Waals surface area contributed by atoms with E-state index >= 15 is 0 Å². The summed E-state index contributed by atoms with van der Waals surface area (Å²) in [4.78, 5) is 7.05. The van der Waals surface area contributed by atoms with Crippen LogP contribution in [-0.4, -0.2) is 27.1 Å². The van der Waals surface area contributed by atoms with Crippen LogP contribution in [0.4, 0.5) is 0 Å². The van der Waals surface area contributed by atoms with Crippen LogP contribution < -0.4 is 0 Å². The molecule has 1 fully saturated rings. The maximum absolute atomic E-state index is 9.99. The van der Waals surface area contributed by atoms with Crippen LogP contribution in [0, 0.1) is 6.92 Å². The predicted molar refractivity (Wildman–Crippen MR) is 78.2 cm³/mol. The summed E-state index contributed by atoms with van der Waals surface area (Å²) in [5, 5.41) is 9.99. The molecule has 0 aliphatic heterocycles. The van der Waals surface area contributed by atoms with E-state index in [-0.39, 0.29) is 0 Å². The van der Waals surface area contributed by atoms with Gasteiger partial charge in [-0.3, -0.25) is 9.88 Å². The molecule has 1 N–H and O–H groups in total. The van der Waals surface area contributed by atoms with Crippen LogP contribution >= 0.6 is 0 Å². The third-order valence-corrected chi connectivity index (χ3v) is 4.37. The van der Waals surface area contributed by atoms with Crippen LogP contribution in [0.5, 0.6) is 5.75 Å². The Hall–Kier alpha value is -1.09. The van der Waals surface area contributed by atoms with Crippen molar-refractivity contribution < 1.29 is 5.11 Å². The molecule has 1 unspecified atom stereocenters. The zero-order valence-electron chi connectivity index (χ0n) is 12.4. The predicted octanol–water partition coefficient (Wildman–Crippen LogP) is 3.64. The van der Waals surface area contributed by atoms with Crippen molar-refractivity contribution in [2.24, 2.45) is 0 Å². The van der Waals surface area contributed by atoms with Gasteiger partial charge in [0.1, 0.15) is 5.75 Å². The Kier molecular flexibility index (Phi) is 4.81. The number of pyridine rings is 1. The Balaban J connectivity index is 2.16. The van der Waals surface area contributed by atoms with E-state index in [1.165, 1.54) is 25.7 Å². The van der Waals surface area contributed by atoms with E-state index in [2.05, 4.69) is 23.7 Å². The smallest absolute Gasteiger partial charge is 0.138 e. The van der Waals surface area contributed by atoms with E-state index in [0.29, 0.717) is 17.8 Å². The van der Waals surface area contributed by atoms with Crippen molar-refractivity contribution in [3.8, 4) is 5.75 Å². The van der Waals surface area contributed by atoms with E-state index in [1.54, 1.807) is 6.07 Å². The first-order valence-corrected chi connectivity index (χ1v) is 7.53. The lowest BCUT2D eigenvalue weighted by Gasteiger charge is -2.34. The minimum atomic E-state index is 0.330.